The van der Waals surface area contributed by atoms with Gasteiger partial charge >= 0.3 is 12.1 Å². The number of ether oxygens (including phenoxy) is 1. The number of aromatic nitrogens is 4. The number of hydrogen-bond acceptors (Lipinski definition) is 24. The molecule has 9 N–H and O–H groups in total. The number of carboxylic acid groups (broad SMARTS) is 1. The van der Waals surface area contributed by atoms with Crippen molar-refractivity contribution in [3.63, 3.8) is 0 Å². The molecule has 26 nitrogen and oxygen atoms in total. The highest BCUT2D eigenvalue weighted by Crippen LogP contribution is 2.48. The number of aliphatic hydroxyl groups is 2. The number of hydrogen-bond donors (Lipinski definition) is 9. The molecule has 98 heavy (non-hydrogen) atoms. The van der Waals surface area contributed by atoms with Gasteiger partial charge in [-0.1, -0.05) is 75.0 Å². The smallest absolute Gasteiger partial charge is 0.408 e. The minimum Gasteiger partial charge on any atom is -0.476 e. The zero-order valence-electron chi connectivity index (χ0n) is 59.5. The summed E-state index contributed by atoms with van der Waals surface area (Å²) in [6.07, 6.45) is -3.46. The van der Waals surface area contributed by atoms with E-state index in [4.69, 9.17) is 43.0 Å². The molecule has 7 heterocycles. The summed E-state index contributed by atoms with van der Waals surface area (Å²) in [5.41, 5.74) is -3.64. The van der Waals surface area contributed by atoms with Crippen LogP contribution in [0.2, 0.25) is 54.4 Å². The van der Waals surface area contributed by atoms with Crippen molar-refractivity contribution in [3.05, 3.63) is 77.0 Å². The van der Waals surface area contributed by atoms with E-state index in [0.717, 1.165) is 63.5 Å². The Hall–Kier alpha value is -5.51. The SMILES string of the molecule is C=CCOC(=O)N[C@@H](C)C(=O)N[C@]12CCC(c3nc(C(=O)O)cs3)=N[C@@H]1c1csc(n1)[C@H]([C@@H](C)O)NC(=O)c1csc(n1)[C@H]([C@](C)(O)[C@@H](C)O[Si](C)(C)C(C)(C)C)NC(=O)[C@H]1CSC(=N1)[C@H]([C@@H](C)O[Si](CC)(CC)CC)NC(=O)[C@H]([C@@H](C)O[Si](C)(C)C(C)(C)C)NC(=O)c1csc2n1. The molecule has 6 amide bonds. The number of nitrogens with zero attached hydrogens (tertiary/aromatic N) is 6. The van der Waals surface area contributed by atoms with Crippen LogP contribution in [0.25, 0.3) is 0 Å². The van der Waals surface area contributed by atoms with Crippen molar-refractivity contribution in [3.8, 4) is 0 Å². The van der Waals surface area contributed by atoms with Crippen molar-refractivity contribution < 1.29 is 66.9 Å². The average Bonchev–Trinajstić information content (AvgIpc) is 1.41. The number of alkyl carbamates (subject to hydrolysis) is 1. The molecular weight excluding hydrogens is 1410 g/mol. The van der Waals surface area contributed by atoms with E-state index in [1.54, 1.807) is 26.2 Å². The van der Waals surface area contributed by atoms with Crippen molar-refractivity contribution in [2.45, 2.75) is 249 Å². The third kappa shape index (κ3) is 18.0. The Balaban J connectivity index is 1.47. The van der Waals surface area contributed by atoms with Gasteiger partial charge in [0, 0.05) is 27.3 Å². The van der Waals surface area contributed by atoms with Crippen LogP contribution in [0.3, 0.4) is 0 Å². The number of thioether (sulfide) groups is 1. The molecule has 3 aliphatic heterocycles. The Kier molecular flexibility index (Phi) is 25.9. The zero-order valence-corrected chi connectivity index (χ0v) is 66.5. The van der Waals surface area contributed by atoms with E-state index < -0.39 is 144 Å². The van der Waals surface area contributed by atoms with Crippen molar-refractivity contribution >= 4 is 134 Å². The quantitative estimate of drug-likeness (QED) is 0.0276. The summed E-state index contributed by atoms with van der Waals surface area (Å²) in [4.78, 5) is 130. The van der Waals surface area contributed by atoms with Crippen LogP contribution in [0, 0.1) is 0 Å². The number of aromatic carboxylic acids is 1. The summed E-state index contributed by atoms with van der Waals surface area (Å²) in [7, 11) is -7.78. The molecule has 0 aromatic carbocycles. The van der Waals surface area contributed by atoms with E-state index in [9.17, 15) is 34.5 Å². The van der Waals surface area contributed by atoms with Gasteiger partial charge in [0.2, 0.25) is 17.7 Å². The molecule has 0 fully saturated rings. The Bertz CT molecular complexity index is 3620. The van der Waals surface area contributed by atoms with Gasteiger partial charge in [-0.05, 0) is 109 Å². The number of nitrogens with one attached hydrogen (secondary N) is 6. The molecule has 3 aliphatic rings. The maximum absolute atomic E-state index is 15.7. The summed E-state index contributed by atoms with van der Waals surface area (Å²) >= 11 is 5.37. The molecule has 0 saturated carbocycles. The minimum absolute atomic E-state index is 0.0391. The lowest BCUT2D eigenvalue weighted by Gasteiger charge is -2.44. The lowest BCUT2D eigenvalue weighted by atomic mass is 9.80. The third-order valence-corrected chi connectivity index (χ3v) is 38.3. The summed E-state index contributed by atoms with van der Waals surface area (Å²) in [5, 5.41) is 58.8. The van der Waals surface area contributed by atoms with Gasteiger partial charge in [-0.25, -0.2) is 29.5 Å². The van der Waals surface area contributed by atoms with Gasteiger partial charge in [0.25, 0.3) is 11.8 Å². The van der Waals surface area contributed by atoms with Crippen LogP contribution in [0.5, 0.6) is 0 Å². The van der Waals surface area contributed by atoms with Crippen LogP contribution < -0.4 is 31.9 Å². The normalized spacial score (nSPS) is 23.9. The molecule has 0 aliphatic carbocycles. The molecule has 7 rings (SSSR count). The lowest BCUT2D eigenvalue weighted by Crippen LogP contribution is -2.60. The van der Waals surface area contributed by atoms with Crippen LogP contribution in [0.1, 0.15) is 192 Å². The van der Waals surface area contributed by atoms with Crippen LogP contribution in [-0.4, -0.2) is 179 Å². The topological polar surface area (TPSA) is 366 Å². The van der Waals surface area contributed by atoms with Gasteiger partial charge in [-0.3, -0.25) is 34.0 Å². The van der Waals surface area contributed by atoms with Gasteiger partial charge in [-0.15, -0.1) is 57.1 Å². The summed E-state index contributed by atoms with van der Waals surface area (Å²) in [6.45, 7) is 40.0. The van der Waals surface area contributed by atoms with Crippen LogP contribution in [0.15, 0.2) is 44.2 Å². The average molecular weight is 1500 g/mol. The largest absolute Gasteiger partial charge is 0.476 e. The number of carbonyl (C=O) groups is 7. The maximum atomic E-state index is 15.7. The van der Waals surface area contributed by atoms with Crippen LogP contribution in [-0.2, 0) is 37.9 Å². The first kappa shape index (κ1) is 79.8. The highest BCUT2D eigenvalue weighted by molar-refractivity contribution is 8.14. The van der Waals surface area contributed by atoms with Crippen molar-refractivity contribution in [1.82, 2.24) is 51.8 Å². The molecule has 13 atom stereocenters. The van der Waals surface area contributed by atoms with Crippen molar-refractivity contribution in [2.24, 2.45) is 9.98 Å². The Labute approximate surface area is 597 Å². The van der Waals surface area contributed by atoms with E-state index in [2.05, 4.69) is 106 Å². The van der Waals surface area contributed by atoms with Gasteiger partial charge in [0.15, 0.2) is 30.6 Å². The summed E-state index contributed by atoms with van der Waals surface area (Å²) in [5.74, 6) is -4.67. The van der Waals surface area contributed by atoms with Crippen molar-refractivity contribution in [2.75, 3.05) is 12.4 Å². The standard InChI is InChI=1S/C64H98N12O14S5Si3/c1-21-27-87-60(85)65-33(5)49(78)76-64-26-25-38(54-70-43(32-91-54)58(83)84)66-47(64)39-28-92-55(67-39)44(34(6)77)72-50(79)40-30-94-57(69-40)48(63(16,86)37(9)90-97(19,20)62(13,14)15)75-52(81)41-29-93-56(68-41)46(36(8)89-98(22-2,23-3)24-4)74-53(82)45(35(7)88-96(17,18)61(10,11)12)73-51(80)42-31-95-59(64)71-42/h21,28,30-37,41,44-48,77,86H,1,22-27,29H2,2-20H3,(H,65,85)(H,72,79)(H,73,80)(H,74,82)(H,75,81)(H,76,78)(H,83,84)/t33-,34+,35+,36+,37+,41+,44-,45-,46-,47+,48+,63+,64+/m0/s1. The fourth-order valence-electron chi connectivity index (χ4n) is 11.0. The van der Waals surface area contributed by atoms with E-state index in [-0.39, 0.29) is 78.1 Å². The zero-order chi connectivity index (χ0) is 73.0. The van der Waals surface area contributed by atoms with Gasteiger partial charge in [-0.2, -0.15) is 0 Å². The molecule has 4 aromatic rings. The van der Waals surface area contributed by atoms with Gasteiger partial charge in [0.05, 0.1) is 40.9 Å². The molecule has 540 valence electrons. The van der Waals surface area contributed by atoms with E-state index in [1.807, 2.05) is 33.1 Å². The van der Waals surface area contributed by atoms with E-state index in [0.29, 0.717) is 10.8 Å². The van der Waals surface area contributed by atoms with E-state index in [1.165, 1.54) is 47.8 Å². The summed E-state index contributed by atoms with van der Waals surface area (Å²) < 4.78 is 26.1. The number of aliphatic imine (C=N–C) groups is 2. The molecule has 0 saturated heterocycles. The van der Waals surface area contributed by atoms with E-state index >= 15 is 14.4 Å². The number of amides is 6. The first-order chi connectivity index (χ1) is 45.6. The molecule has 0 unspecified atom stereocenters. The molecule has 0 spiro atoms. The number of fused-ring (bicyclic) bond motifs is 10. The summed E-state index contributed by atoms with van der Waals surface area (Å²) in [6, 6.07) is -6.23. The molecule has 0 radical (unpaired) electrons. The fourth-order valence-corrected chi connectivity index (χ4v) is 21.8. The second kappa shape index (κ2) is 31.8. The molecule has 34 heteroatoms. The Morgan fingerprint density at radius 1 is 0.735 bits per heavy atom. The number of carboxylic acids is 1. The third-order valence-electron chi connectivity index (χ3n) is 19.5. The second-order valence-electron chi connectivity index (χ2n) is 28.5. The Morgan fingerprint density at radius 3 is 1.92 bits per heavy atom. The predicted octanol–water partition coefficient (Wildman–Crippen LogP) is 9.95. The monoisotopic (exact) mass is 1500 g/mol. The Morgan fingerprint density at radius 2 is 1.33 bits per heavy atom. The second-order valence-corrected chi connectivity index (χ2v) is 47.3. The molecule has 4 aromatic heterocycles. The van der Waals surface area contributed by atoms with Gasteiger partial charge in [0.1, 0.15) is 91.5 Å². The number of thiazole rings is 4. The predicted molar refractivity (Wildman–Crippen MR) is 391 cm³/mol. The van der Waals surface area contributed by atoms with Gasteiger partial charge < -0.3 is 65.2 Å². The number of carbonyl (C=O) groups excluding carboxylic acids is 6. The lowest BCUT2D eigenvalue weighted by molar-refractivity contribution is -0.128. The number of aliphatic hydroxyl groups excluding tert-OH is 1. The van der Waals surface area contributed by atoms with Crippen molar-refractivity contribution in [1.29, 1.82) is 0 Å². The number of rotatable bonds is 21. The highest BCUT2D eigenvalue weighted by atomic mass is 32.2. The molecular formula is C64H98N12O14S5Si3. The highest BCUT2D eigenvalue weighted by Gasteiger charge is 2.52. The minimum atomic E-state index is -2.72. The maximum Gasteiger partial charge on any atom is 0.408 e. The first-order valence-corrected chi connectivity index (χ1v) is 45.8. The fraction of sp³-hybridized carbons (Fsp3) is 0.641. The molecule has 8 bridgehead atoms. The first-order valence-electron chi connectivity index (χ1n) is 32.9. The van der Waals surface area contributed by atoms with Crippen LogP contribution >= 0.6 is 57.1 Å². The van der Waals surface area contributed by atoms with Crippen LogP contribution in [0.4, 0.5) is 4.79 Å².